The summed E-state index contributed by atoms with van der Waals surface area (Å²) in [7, 11) is 1.50. The minimum Gasteiger partial charge on any atom is -0.504 e. The number of phenolic OH excluding ortho intramolecular Hbond substituents is 3. The molecule has 6 N–H and O–H groups in total. The highest BCUT2D eigenvalue weighted by molar-refractivity contribution is 5.79. The molecule has 0 spiro atoms. The van der Waals surface area contributed by atoms with E-state index in [9.17, 15) is 25.2 Å². The summed E-state index contributed by atoms with van der Waals surface area (Å²) in [5.41, 5.74) is 10.4. The molecule has 8 nitrogen and oxygen atoms in total. The number of carbonyl (C=O) groups excluding carboxylic acids is 1. The van der Waals surface area contributed by atoms with Crippen LogP contribution >= 0.6 is 0 Å². The van der Waals surface area contributed by atoms with Gasteiger partial charge in [0, 0.05) is 18.4 Å². The van der Waals surface area contributed by atoms with E-state index < -0.39 is 6.10 Å². The number of methoxy groups -OCH3 is 1. The van der Waals surface area contributed by atoms with Crippen LogP contribution in [-0.2, 0) is 24.1 Å². The smallest absolute Gasteiger partial charge is 0.200 e. The second-order valence-corrected chi connectivity index (χ2v) is 12.5. The van der Waals surface area contributed by atoms with Gasteiger partial charge in [0.15, 0.2) is 23.0 Å². The highest BCUT2D eigenvalue weighted by atomic mass is 16.5. The average molecular weight is 640 g/mol. The van der Waals surface area contributed by atoms with E-state index in [-0.39, 0.29) is 71.9 Å². The first-order chi connectivity index (χ1) is 22.8. The Balaban J connectivity index is 1.39. The van der Waals surface area contributed by atoms with E-state index in [1.54, 1.807) is 18.2 Å². The second-order valence-electron chi connectivity index (χ2n) is 12.5. The van der Waals surface area contributed by atoms with Crippen LogP contribution in [0.25, 0.3) is 0 Å². The normalized spacial score (nSPS) is 17.9. The maximum absolute atomic E-state index is 13.1. The molecule has 8 heteroatoms. The largest absolute Gasteiger partial charge is 0.504 e. The zero-order valence-electron chi connectivity index (χ0n) is 26.8. The lowest BCUT2D eigenvalue weighted by Crippen LogP contribution is -2.30. The fraction of sp³-hybridized carbons (Fsp3) is 0.359. The molecule has 5 rings (SSSR count). The van der Waals surface area contributed by atoms with E-state index in [0.717, 1.165) is 42.4 Å². The fourth-order valence-electron chi connectivity index (χ4n) is 7.16. The first-order valence-electron chi connectivity index (χ1n) is 16.3. The van der Waals surface area contributed by atoms with Crippen molar-refractivity contribution in [3.63, 3.8) is 0 Å². The Morgan fingerprint density at radius 3 is 2.28 bits per heavy atom. The molecule has 0 bridgehead atoms. The molecule has 0 heterocycles. The van der Waals surface area contributed by atoms with Gasteiger partial charge in [0.05, 0.1) is 13.2 Å². The number of hydrogen-bond donors (Lipinski definition) is 5. The van der Waals surface area contributed by atoms with E-state index in [1.807, 2.05) is 36.4 Å². The molecule has 4 aromatic carbocycles. The van der Waals surface area contributed by atoms with Crippen LogP contribution in [0.5, 0.6) is 28.7 Å². The van der Waals surface area contributed by atoms with Gasteiger partial charge in [0.1, 0.15) is 12.5 Å². The number of aliphatic hydroxyl groups is 1. The van der Waals surface area contributed by atoms with Crippen molar-refractivity contribution < 1.29 is 34.7 Å². The number of phenols is 3. The van der Waals surface area contributed by atoms with Crippen molar-refractivity contribution in [3.05, 3.63) is 113 Å². The summed E-state index contributed by atoms with van der Waals surface area (Å²) in [4.78, 5) is 13.1. The predicted octanol–water partition coefficient (Wildman–Crippen LogP) is 6.51. The molecule has 248 valence electrons. The number of ketones is 1. The molecule has 0 unspecified atom stereocenters. The van der Waals surface area contributed by atoms with Gasteiger partial charge in [-0.2, -0.15) is 0 Å². The van der Waals surface area contributed by atoms with Gasteiger partial charge in [0.2, 0.25) is 5.75 Å². The second kappa shape index (κ2) is 15.8. The summed E-state index contributed by atoms with van der Waals surface area (Å²) < 4.78 is 11.0. The molecular weight excluding hydrogens is 594 g/mol. The zero-order chi connectivity index (χ0) is 33.3. The Hall–Kier alpha value is -4.53. The maximum Gasteiger partial charge on any atom is 0.200 e. The van der Waals surface area contributed by atoms with Crippen molar-refractivity contribution in [2.45, 2.75) is 69.3 Å². The Morgan fingerprint density at radius 1 is 0.894 bits per heavy atom. The van der Waals surface area contributed by atoms with Gasteiger partial charge < -0.3 is 29.9 Å². The number of nitrogens with two attached hydrogens (primary N) is 1. The van der Waals surface area contributed by atoms with Gasteiger partial charge in [-0.3, -0.25) is 10.5 Å². The number of rotatable bonds is 15. The summed E-state index contributed by atoms with van der Waals surface area (Å²) in [6, 6.07) is 27.1. The van der Waals surface area contributed by atoms with Crippen LogP contribution in [0.1, 0.15) is 71.8 Å². The first-order valence-corrected chi connectivity index (χ1v) is 16.3. The van der Waals surface area contributed by atoms with Crippen molar-refractivity contribution in [2.24, 2.45) is 11.7 Å². The number of hydrogen-bond acceptors (Lipinski definition) is 8. The zero-order valence-corrected chi connectivity index (χ0v) is 26.8. The van der Waals surface area contributed by atoms with Crippen molar-refractivity contribution in [3.8, 4) is 28.7 Å². The molecule has 0 amide bonds. The molecule has 4 atom stereocenters. The molecule has 1 aliphatic carbocycles. The molecule has 0 fully saturated rings. The van der Waals surface area contributed by atoms with Crippen molar-refractivity contribution in [1.29, 1.82) is 0 Å². The van der Waals surface area contributed by atoms with E-state index >= 15 is 0 Å². The monoisotopic (exact) mass is 639 g/mol. The van der Waals surface area contributed by atoms with Crippen molar-refractivity contribution in [2.75, 3.05) is 13.8 Å². The molecule has 0 saturated heterocycles. The van der Waals surface area contributed by atoms with Gasteiger partial charge in [-0.1, -0.05) is 66.7 Å². The Kier molecular flexibility index (Phi) is 11.4. The SMILES string of the molecule is COc1c(O)c(O)cc2c1[C@H](CCc1ccccc1)C[C@@H](Cc1ccccc1)[C@H]2C[C@@H](O)CC(=O)CCc1ccc(O)c(OCN)c1. The lowest BCUT2D eigenvalue weighted by atomic mass is 9.65. The van der Waals surface area contributed by atoms with E-state index in [1.165, 1.54) is 24.3 Å². The maximum atomic E-state index is 13.1. The minimum absolute atomic E-state index is 0.00718. The van der Waals surface area contributed by atoms with Crippen molar-refractivity contribution >= 4 is 5.78 Å². The lowest BCUT2D eigenvalue weighted by Gasteiger charge is -2.40. The molecule has 0 aromatic heterocycles. The highest BCUT2D eigenvalue weighted by Gasteiger charge is 2.39. The third-order valence-electron chi connectivity index (χ3n) is 9.38. The third-order valence-corrected chi connectivity index (χ3v) is 9.38. The standard InChI is InChI=1S/C39H45NO7/c1-46-39-37-28(15-12-25-8-4-2-5-9-25)20-29(18-26-10-6-3-7-11-26)32(33(37)23-35(44)38(39)45)22-31(42)21-30(41)16-13-27-14-17-34(43)36(19-27)47-24-40/h2-11,14,17,19,23,28-29,31-32,42-45H,12-13,15-16,18,20-22,24,40H2,1H3/t28-,29-,31+,32-/m1/s1. The number of benzene rings is 4. The summed E-state index contributed by atoms with van der Waals surface area (Å²) in [5, 5.41) is 43.0. The molecule has 1 aliphatic rings. The molecule has 47 heavy (non-hydrogen) atoms. The molecule has 4 aromatic rings. The molecule has 0 radical (unpaired) electrons. The van der Waals surface area contributed by atoms with Crippen LogP contribution in [0.15, 0.2) is 84.9 Å². The number of Topliss-reactive ketones (excluding diaryl/α,β-unsaturated/α-hetero) is 1. The molecule has 0 saturated carbocycles. The fourth-order valence-corrected chi connectivity index (χ4v) is 7.16. The number of aliphatic hydroxyl groups excluding tert-OH is 1. The van der Waals surface area contributed by atoms with Crippen LogP contribution in [0, 0.1) is 5.92 Å². The Labute approximate surface area is 276 Å². The minimum atomic E-state index is -0.905. The number of ether oxygens (including phenoxy) is 2. The number of aromatic hydroxyl groups is 3. The third kappa shape index (κ3) is 8.44. The molecule has 0 aliphatic heterocycles. The van der Waals surface area contributed by atoms with Gasteiger partial charge in [-0.25, -0.2) is 0 Å². The predicted molar refractivity (Wildman–Crippen MR) is 181 cm³/mol. The first kappa shape index (κ1) is 33.8. The van der Waals surface area contributed by atoms with E-state index in [4.69, 9.17) is 15.2 Å². The van der Waals surface area contributed by atoms with Crippen LogP contribution in [0.2, 0.25) is 0 Å². The van der Waals surface area contributed by atoms with Crippen LogP contribution in [0.4, 0.5) is 0 Å². The lowest BCUT2D eigenvalue weighted by molar-refractivity contribution is -0.121. The summed E-state index contributed by atoms with van der Waals surface area (Å²) in [5.74, 6) is -0.105. The topological polar surface area (TPSA) is 142 Å². The van der Waals surface area contributed by atoms with Gasteiger partial charge in [0.25, 0.3) is 0 Å². The van der Waals surface area contributed by atoms with Crippen LogP contribution < -0.4 is 15.2 Å². The molecular formula is C39H45NO7. The van der Waals surface area contributed by atoms with Crippen LogP contribution in [0.3, 0.4) is 0 Å². The average Bonchev–Trinajstić information content (AvgIpc) is 3.07. The quantitative estimate of drug-likeness (QED) is 0.0732. The highest BCUT2D eigenvalue weighted by Crippen LogP contribution is 2.55. The van der Waals surface area contributed by atoms with Gasteiger partial charge in [-0.15, -0.1) is 0 Å². The number of fused-ring (bicyclic) bond motifs is 1. The number of aryl methyl sites for hydroxylation is 2. The summed E-state index contributed by atoms with van der Waals surface area (Å²) >= 11 is 0. The van der Waals surface area contributed by atoms with E-state index in [2.05, 4.69) is 24.3 Å². The van der Waals surface area contributed by atoms with Gasteiger partial charge in [-0.05, 0) is 96.7 Å². The van der Waals surface area contributed by atoms with Gasteiger partial charge >= 0.3 is 0 Å². The van der Waals surface area contributed by atoms with Crippen LogP contribution in [-0.4, -0.2) is 46.2 Å². The Bertz CT molecular complexity index is 1630. The number of carbonyl (C=O) groups is 1. The Morgan fingerprint density at radius 2 is 1.60 bits per heavy atom. The van der Waals surface area contributed by atoms with E-state index in [0.29, 0.717) is 12.8 Å². The van der Waals surface area contributed by atoms with Crippen molar-refractivity contribution in [1.82, 2.24) is 0 Å². The summed E-state index contributed by atoms with van der Waals surface area (Å²) in [6.07, 6.45) is 3.31. The summed E-state index contributed by atoms with van der Waals surface area (Å²) in [6.45, 7) is -0.0747.